The standard InChI is InChI=1S/C11H19NOS2/c1-12-11(9-3-2-4-13-7-9)10-8-14-5-6-15-10/h7,10-12H,2-6,8H2,1H3. The largest absolute Gasteiger partial charge is 0.501 e. The van der Waals surface area contributed by atoms with Crippen molar-refractivity contribution < 1.29 is 4.74 Å². The molecular formula is C11H19NOS2. The third-order valence-electron chi connectivity index (χ3n) is 2.89. The molecule has 0 aromatic rings. The first kappa shape index (κ1) is 11.7. The second-order valence-electron chi connectivity index (χ2n) is 3.92. The SMILES string of the molecule is CNC(C1=COCCC1)C1CSCCS1. The minimum atomic E-state index is 0.517. The summed E-state index contributed by atoms with van der Waals surface area (Å²) in [7, 11) is 2.07. The molecule has 1 fully saturated rings. The van der Waals surface area contributed by atoms with E-state index in [1.807, 2.05) is 6.26 Å². The number of likely N-dealkylation sites (N-methyl/N-ethyl adjacent to an activating group) is 1. The molecule has 15 heavy (non-hydrogen) atoms. The van der Waals surface area contributed by atoms with Crippen LogP contribution in [0.4, 0.5) is 0 Å². The molecule has 2 aliphatic rings. The van der Waals surface area contributed by atoms with Gasteiger partial charge in [-0.15, -0.1) is 0 Å². The molecule has 0 saturated carbocycles. The molecule has 86 valence electrons. The zero-order chi connectivity index (χ0) is 10.5. The molecular weight excluding hydrogens is 226 g/mol. The highest BCUT2D eigenvalue weighted by Gasteiger charge is 2.27. The maximum absolute atomic E-state index is 5.44. The Morgan fingerprint density at radius 2 is 2.47 bits per heavy atom. The van der Waals surface area contributed by atoms with Crippen LogP contribution in [0.25, 0.3) is 0 Å². The highest BCUT2D eigenvalue weighted by molar-refractivity contribution is 8.06. The zero-order valence-electron chi connectivity index (χ0n) is 9.20. The summed E-state index contributed by atoms with van der Waals surface area (Å²) in [5.74, 6) is 3.88. The second-order valence-corrected chi connectivity index (χ2v) is 6.41. The van der Waals surface area contributed by atoms with Crippen molar-refractivity contribution in [1.29, 1.82) is 0 Å². The van der Waals surface area contributed by atoms with Crippen molar-refractivity contribution in [2.45, 2.75) is 24.1 Å². The number of nitrogens with one attached hydrogen (secondary N) is 1. The van der Waals surface area contributed by atoms with Crippen molar-refractivity contribution >= 4 is 23.5 Å². The van der Waals surface area contributed by atoms with Crippen molar-refractivity contribution in [3.05, 3.63) is 11.8 Å². The number of ether oxygens (including phenoxy) is 1. The molecule has 0 radical (unpaired) electrons. The Hall–Kier alpha value is 0.200. The lowest BCUT2D eigenvalue weighted by Crippen LogP contribution is -2.41. The molecule has 2 atom stereocenters. The average molecular weight is 245 g/mol. The Balaban J connectivity index is 1.98. The van der Waals surface area contributed by atoms with Crippen molar-refractivity contribution in [1.82, 2.24) is 5.32 Å². The molecule has 0 aromatic heterocycles. The number of rotatable bonds is 3. The van der Waals surface area contributed by atoms with E-state index in [-0.39, 0.29) is 0 Å². The van der Waals surface area contributed by atoms with Crippen molar-refractivity contribution in [2.75, 3.05) is 30.9 Å². The van der Waals surface area contributed by atoms with E-state index in [9.17, 15) is 0 Å². The molecule has 2 aliphatic heterocycles. The van der Waals surface area contributed by atoms with Crippen LogP contribution in [0.2, 0.25) is 0 Å². The number of hydrogen-bond acceptors (Lipinski definition) is 4. The van der Waals surface area contributed by atoms with Gasteiger partial charge in [0.2, 0.25) is 0 Å². The van der Waals surface area contributed by atoms with Crippen LogP contribution in [0, 0.1) is 0 Å². The summed E-state index contributed by atoms with van der Waals surface area (Å²) < 4.78 is 5.44. The fourth-order valence-corrected chi connectivity index (χ4v) is 5.05. The summed E-state index contributed by atoms with van der Waals surface area (Å²) in [4.78, 5) is 0. The Labute approximate surface area is 101 Å². The molecule has 0 spiro atoms. The van der Waals surface area contributed by atoms with Crippen molar-refractivity contribution in [3.63, 3.8) is 0 Å². The van der Waals surface area contributed by atoms with Crippen molar-refractivity contribution in [3.8, 4) is 0 Å². The van der Waals surface area contributed by atoms with Gasteiger partial charge in [-0.1, -0.05) is 0 Å². The third-order valence-corrected chi connectivity index (χ3v) is 5.75. The predicted molar refractivity (Wildman–Crippen MR) is 69.7 cm³/mol. The lowest BCUT2D eigenvalue weighted by Gasteiger charge is -2.32. The van der Waals surface area contributed by atoms with Gasteiger partial charge in [-0.3, -0.25) is 0 Å². The molecule has 2 heterocycles. The summed E-state index contributed by atoms with van der Waals surface area (Å²) in [6.45, 7) is 0.895. The van der Waals surface area contributed by atoms with Gasteiger partial charge in [-0.25, -0.2) is 0 Å². The van der Waals surface area contributed by atoms with Crippen molar-refractivity contribution in [2.24, 2.45) is 0 Å². The molecule has 2 nitrogen and oxygen atoms in total. The van der Waals surface area contributed by atoms with Crippen LogP contribution in [0.5, 0.6) is 0 Å². The predicted octanol–water partition coefficient (Wildman–Crippen LogP) is 2.12. The molecule has 0 amide bonds. The van der Waals surface area contributed by atoms with Gasteiger partial charge in [0, 0.05) is 28.6 Å². The van der Waals surface area contributed by atoms with Crippen LogP contribution in [0.1, 0.15) is 12.8 Å². The van der Waals surface area contributed by atoms with Crippen LogP contribution in [0.15, 0.2) is 11.8 Å². The van der Waals surface area contributed by atoms with E-state index < -0.39 is 0 Å². The second kappa shape index (κ2) is 6.06. The van der Waals surface area contributed by atoms with Gasteiger partial charge in [0.25, 0.3) is 0 Å². The van der Waals surface area contributed by atoms with Gasteiger partial charge in [0.15, 0.2) is 0 Å². The minimum Gasteiger partial charge on any atom is -0.501 e. The topological polar surface area (TPSA) is 21.3 Å². The first-order valence-corrected chi connectivity index (χ1v) is 7.79. The van der Waals surface area contributed by atoms with Gasteiger partial charge in [0.05, 0.1) is 12.9 Å². The molecule has 1 saturated heterocycles. The van der Waals surface area contributed by atoms with Crippen LogP contribution < -0.4 is 5.32 Å². The molecule has 0 bridgehead atoms. The van der Waals surface area contributed by atoms with E-state index >= 15 is 0 Å². The van der Waals surface area contributed by atoms with E-state index in [4.69, 9.17) is 4.74 Å². The molecule has 4 heteroatoms. The molecule has 0 aliphatic carbocycles. The highest BCUT2D eigenvalue weighted by atomic mass is 32.2. The van der Waals surface area contributed by atoms with Gasteiger partial charge >= 0.3 is 0 Å². The highest BCUT2D eigenvalue weighted by Crippen LogP contribution is 2.31. The Kier molecular flexibility index (Phi) is 4.72. The summed E-state index contributed by atoms with van der Waals surface area (Å²) >= 11 is 4.19. The zero-order valence-corrected chi connectivity index (χ0v) is 10.8. The number of hydrogen-bond donors (Lipinski definition) is 1. The fourth-order valence-electron chi connectivity index (χ4n) is 2.12. The minimum absolute atomic E-state index is 0.517. The van der Waals surface area contributed by atoms with Crippen LogP contribution in [-0.2, 0) is 4.74 Å². The average Bonchev–Trinajstić information content (AvgIpc) is 2.33. The monoisotopic (exact) mass is 245 g/mol. The molecule has 2 rings (SSSR count). The van der Waals surface area contributed by atoms with Gasteiger partial charge in [-0.2, -0.15) is 23.5 Å². The summed E-state index contributed by atoms with van der Waals surface area (Å²) in [6.07, 6.45) is 4.37. The Morgan fingerprint density at radius 3 is 3.07 bits per heavy atom. The lowest BCUT2D eigenvalue weighted by molar-refractivity contribution is 0.220. The van der Waals surface area contributed by atoms with Crippen LogP contribution >= 0.6 is 23.5 Å². The van der Waals surface area contributed by atoms with E-state index in [1.165, 1.54) is 35.7 Å². The van der Waals surface area contributed by atoms with E-state index in [0.717, 1.165) is 11.9 Å². The van der Waals surface area contributed by atoms with E-state index in [2.05, 4.69) is 35.9 Å². The molecule has 2 unspecified atom stereocenters. The maximum atomic E-state index is 5.44. The lowest BCUT2D eigenvalue weighted by atomic mass is 10.00. The fraction of sp³-hybridized carbons (Fsp3) is 0.818. The number of thioether (sulfide) groups is 2. The summed E-state index contributed by atoms with van der Waals surface area (Å²) in [5, 5.41) is 4.18. The van der Waals surface area contributed by atoms with Gasteiger partial charge in [-0.05, 0) is 25.5 Å². The first-order chi connectivity index (χ1) is 7.42. The smallest absolute Gasteiger partial charge is 0.0876 e. The Bertz CT molecular complexity index is 227. The quantitative estimate of drug-likeness (QED) is 0.822. The Morgan fingerprint density at radius 1 is 1.53 bits per heavy atom. The maximum Gasteiger partial charge on any atom is 0.0876 e. The van der Waals surface area contributed by atoms with Crippen LogP contribution in [-0.4, -0.2) is 42.2 Å². The normalized spacial score (nSPS) is 29.1. The summed E-state index contributed by atoms with van der Waals surface area (Å²) in [5.41, 5.74) is 1.46. The third kappa shape index (κ3) is 3.08. The molecule has 0 aromatic carbocycles. The first-order valence-electron chi connectivity index (χ1n) is 5.59. The van der Waals surface area contributed by atoms with E-state index in [1.54, 1.807) is 0 Å². The van der Waals surface area contributed by atoms with Crippen LogP contribution in [0.3, 0.4) is 0 Å². The van der Waals surface area contributed by atoms with Gasteiger partial charge < -0.3 is 10.1 Å². The van der Waals surface area contributed by atoms with Gasteiger partial charge in [0.1, 0.15) is 0 Å². The summed E-state index contributed by atoms with van der Waals surface area (Å²) in [6, 6.07) is 0.517. The van der Waals surface area contributed by atoms with E-state index in [0.29, 0.717) is 6.04 Å². The molecule has 1 N–H and O–H groups in total.